The third kappa shape index (κ3) is 7.82. The first-order chi connectivity index (χ1) is 28.7. The summed E-state index contributed by atoms with van der Waals surface area (Å²) in [6.07, 6.45) is 11.8. The summed E-state index contributed by atoms with van der Waals surface area (Å²) in [5.41, 5.74) is 8.94. The van der Waals surface area contributed by atoms with E-state index >= 15 is 0 Å². The van der Waals surface area contributed by atoms with Crippen LogP contribution < -0.4 is 5.32 Å². The molecule has 5 aromatic rings. The third-order valence-corrected chi connectivity index (χ3v) is 14.8. The number of benzene rings is 2. The van der Waals surface area contributed by atoms with Gasteiger partial charge in [0.25, 0.3) is 0 Å². The number of carbonyl (C=O) groups excluding carboxylic acids is 3. The quantitative estimate of drug-likeness (QED) is 0.138. The molecule has 59 heavy (non-hydrogen) atoms. The van der Waals surface area contributed by atoms with Crippen molar-refractivity contribution in [3.8, 4) is 22.4 Å². The van der Waals surface area contributed by atoms with Crippen LogP contribution in [-0.4, -0.2) is 86.4 Å². The molecule has 3 aromatic heterocycles. The number of amides is 3. The van der Waals surface area contributed by atoms with E-state index in [-0.39, 0.29) is 41.8 Å². The fourth-order valence-corrected chi connectivity index (χ4v) is 12.1. The molecule has 0 bridgehead atoms. The molecule has 2 N–H and O–H groups in total. The van der Waals surface area contributed by atoms with Crippen LogP contribution >= 0.6 is 22.7 Å². The summed E-state index contributed by atoms with van der Waals surface area (Å²) < 4.78 is 2.54. The third-order valence-electron chi connectivity index (χ3n) is 12.7. The monoisotopic (exact) mass is 827 g/mol. The molecule has 4 atom stereocenters. The van der Waals surface area contributed by atoms with Crippen LogP contribution in [0.3, 0.4) is 0 Å². The average Bonchev–Trinajstić information content (AvgIpc) is 4.10. The average molecular weight is 828 g/mol. The number of likely N-dealkylation sites (tertiary alicyclic amines) is 3. The van der Waals surface area contributed by atoms with Gasteiger partial charge in [-0.15, -0.1) is 22.7 Å². The lowest BCUT2D eigenvalue weighted by Crippen LogP contribution is -2.53. The Labute approximate surface area is 354 Å². The van der Waals surface area contributed by atoms with Crippen molar-refractivity contribution < 1.29 is 14.4 Å². The SMILES string of the molecule is CC(=O)N[C@H](C(=O)N1CCCC1C1=NC=C(c2csc3c(-c4ccc(-c5cnc(C6CCCN6C(=O)C(c6ccccc6)N6CCCCC6)[nH]5)cc4)csc23)C1)C(C)C. The van der Waals surface area contributed by atoms with Crippen LogP contribution in [0.5, 0.6) is 0 Å². The van der Waals surface area contributed by atoms with Crippen LogP contribution in [0, 0.1) is 5.92 Å². The van der Waals surface area contributed by atoms with Gasteiger partial charge in [-0.2, -0.15) is 0 Å². The minimum absolute atomic E-state index is 0.00268. The normalized spacial score (nSPS) is 20.9. The van der Waals surface area contributed by atoms with Gasteiger partial charge in [0.05, 0.1) is 33.4 Å². The van der Waals surface area contributed by atoms with Crippen molar-refractivity contribution in [3.63, 3.8) is 0 Å². The number of fused-ring (bicyclic) bond motifs is 1. The second kappa shape index (κ2) is 17.0. The van der Waals surface area contributed by atoms with E-state index in [0.29, 0.717) is 6.54 Å². The standard InChI is InChI=1S/C47H53N7O3S2/c1-29(2)41(50-30(3)55)46(56)53-22-10-14-39(53)37-24-34(25-48-37)36-28-59-43-35(27-58-44(36)43)31-16-18-32(19-17-31)38-26-49-45(51-38)40-15-11-23-54(40)47(57)42(33-12-6-4-7-13-33)52-20-8-5-9-21-52/h4,6-7,12-13,16-19,25-29,39-42H,5,8-11,14-15,20-24H2,1-3H3,(H,49,51)(H,50,55)/t39?,40?,41-,42?/m0/s1. The Morgan fingerprint density at radius 3 is 2.15 bits per heavy atom. The molecule has 3 unspecified atom stereocenters. The van der Waals surface area contributed by atoms with Crippen molar-refractivity contribution in [2.45, 2.75) is 96.3 Å². The Kier molecular flexibility index (Phi) is 11.4. The number of thiophene rings is 2. The zero-order valence-electron chi connectivity index (χ0n) is 34.2. The van der Waals surface area contributed by atoms with Crippen LogP contribution in [0.15, 0.2) is 82.7 Å². The van der Waals surface area contributed by atoms with Gasteiger partial charge in [-0.1, -0.05) is 74.9 Å². The lowest BCUT2D eigenvalue weighted by Gasteiger charge is -2.37. The van der Waals surface area contributed by atoms with Crippen LogP contribution in [0.1, 0.15) is 101 Å². The molecule has 0 aliphatic carbocycles. The van der Waals surface area contributed by atoms with Crippen molar-refractivity contribution in [1.29, 1.82) is 0 Å². The van der Waals surface area contributed by atoms with Gasteiger partial charge in [-0.05, 0) is 79.8 Å². The number of aromatic amines is 1. The van der Waals surface area contributed by atoms with Gasteiger partial charge in [0.15, 0.2) is 0 Å². The first-order valence-electron chi connectivity index (χ1n) is 21.3. The molecule has 10 nitrogen and oxygen atoms in total. The van der Waals surface area contributed by atoms with E-state index < -0.39 is 6.04 Å². The Hall–Kier alpha value is -4.91. The first kappa shape index (κ1) is 39.5. The highest BCUT2D eigenvalue weighted by atomic mass is 32.1. The molecule has 306 valence electrons. The number of hydrogen-bond donors (Lipinski definition) is 2. The predicted octanol–water partition coefficient (Wildman–Crippen LogP) is 9.25. The van der Waals surface area contributed by atoms with E-state index in [1.165, 1.54) is 45.0 Å². The lowest BCUT2D eigenvalue weighted by molar-refractivity contribution is -0.139. The minimum atomic E-state index is -0.530. The fourth-order valence-electron chi connectivity index (χ4n) is 9.62. The number of allylic oxidation sites excluding steroid dienone is 1. The van der Waals surface area contributed by atoms with Gasteiger partial charge in [0.1, 0.15) is 17.9 Å². The molecular formula is C47H53N7O3S2. The molecule has 0 spiro atoms. The minimum Gasteiger partial charge on any atom is -0.344 e. The molecule has 7 heterocycles. The van der Waals surface area contributed by atoms with Gasteiger partial charge in [0, 0.05) is 60.2 Å². The predicted molar refractivity (Wildman–Crippen MR) is 238 cm³/mol. The smallest absolute Gasteiger partial charge is 0.245 e. The molecule has 3 fully saturated rings. The van der Waals surface area contributed by atoms with Gasteiger partial charge in [-0.3, -0.25) is 24.3 Å². The molecule has 0 radical (unpaired) electrons. The van der Waals surface area contributed by atoms with Crippen molar-refractivity contribution in [1.82, 2.24) is 30.0 Å². The molecule has 3 saturated heterocycles. The summed E-state index contributed by atoms with van der Waals surface area (Å²) in [5.74, 6) is 0.850. The zero-order chi connectivity index (χ0) is 40.6. The topological polar surface area (TPSA) is 114 Å². The van der Waals surface area contributed by atoms with E-state index in [1.807, 2.05) is 49.3 Å². The number of H-pyrrole nitrogens is 1. The number of nitrogens with zero attached hydrogens (tertiary/aromatic N) is 5. The van der Waals surface area contributed by atoms with E-state index in [9.17, 15) is 14.4 Å². The largest absolute Gasteiger partial charge is 0.344 e. The summed E-state index contributed by atoms with van der Waals surface area (Å²) in [6.45, 7) is 8.76. The van der Waals surface area contributed by atoms with E-state index in [1.54, 1.807) is 22.7 Å². The van der Waals surface area contributed by atoms with Gasteiger partial charge in [-0.25, -0.2) is 4.98 Å². The van der Waals surface area contributed by atoms with Crippen molar-refractivity contribution in [3.05, 3.63) is 94.7 Å². The molecule has 3 amide bonds. The van der Waals surface area contributed by atoms with Crippen LogP contribution in [0.2, 0.25) is 0 Å². The Morgan fingerprint density at radius 1 is 0.780 bits per heavy atom. The van der Waals surface area contributed by atoms with Crippen molar-refractivity contribution >= 4 is 61.1 Å². The highest BCUT2D eigenvalue weighted by molar-refractivity contribution is 7.27. The molecular weight excluding hydrogens is 775 g/mol. The highest BCUT2D eigenvalue weighted by Crippen LogP contribution is 2.45. The molecule has 4 aliphatic rings. The first-order valence-corrected chi connectivity index (χ1v) is 23.1. The summed E-state index contributed by atoms with van der Waals surface area (Å²) in [5, 5.41) is 7.39. The van der Waals surface area contributed by atoms with Crippen molar-refractivity contribution in [2.24, 2.45) is 10.9 Å². The number of piperidine rings is 1. The molecule has 0 saturated carbocycles. The second-order valence-corrected chi connectivity index (χ2v) is 18.6. The maximum absolute atomic E-state index is 14.4. The second-order valence-electron chi connectivity index (χ2n) is 16.9. The lowest BCUT2D eigenvalue weighted by atomic mass is 9.98. The van der Waals surface area contributed by atoms with E-state index in [4.69, 9.17) is 9.98 Å². The molecule has 4 aliphatic heterocycles. The number of nitrogens with one attached hydrogen (secondary N) is 2. The fraction of sp³-hybridized carbons (Fsp3) is 0.426. The number of imidazole rings is 1. The Morgan fingerprint density at radius 2 is 1.44 bits per heavy atom. The highest BCUT2D eigenvalue weighted by Gasteiger charge is 2.40. The van der Waals surface area contributed by atoms with Crippen LogP contribution in [0.4, 0.5) is 0 Å². The molecule has 9 rings (SSSR count). The van der Waals surface area contributed by atoms with E-state index in [0.717, 1.165) is 92.9 Å². The Bertz CT molecular complexity index is 2390. The molecule has 12 heteroatoms. The van der Waals surface area contributed by atoms with Gasteiger partial charge in [0.2, 0.25) is 17.7 Å². The Balaban J connectivity index is 0.875. The number of carbonyl (C=O) groups is 3. The summed E-state index contributed by atoms with van der Waals surface area (Å²) in [4.78, 5) is 59.7. The van der Waals surface area contributed by atoms with Gasteiger partial charge < -0.3 is 20.1 Å². The molecule has 2 aromatic carbocycles. The van der Waals surface area contributed by atoms with Crippen LogP contribution in [-0.2, 0) is 14.4 Å². The number of hydrogen-bond acceptors (Lipinski definition) is 8. The number of aromatic nitrogens is 2. The van der Waals surface area contributed by atoms with E-state index in [2.05, 4.69) is 67.3 Å². The number of rotatable bonds is 11. The summed E-state index contributed by atoms with van der Waals surface area (Å²) in [7, 11) is 0. The van der Waals surface area contributed by atoms with Crippen LogP contribution in [0.25, 0.3) is 37.4 Å². The summed E-state index contributed by atoms with van der Waals surface area (Å²) >= 11 is 3.55. The summed E-state index contributed by atoms with van der Waals surface area (Å²) in [6, 6.07) is 18.1. The van der Waals surface area contributed by atoms with Crippen molar-refractivity contribution in [2.75, 3.05) is 26.2 Å². The maximum atomic E-state index is 14.4. The number of aliphatic imine (C=N–C) groups is 1. The zero-order valence-corrected chi connectivity index (χ0v) is 35.8. The van der Waals surface area contributed by atoms with Gasteiger partial charge >= 0.3 is 0 Å². The maximum Gasteiger partial charge on any atom is 0.245 e.